The highest BCUT2D eigenvalue weighted by atomic mass is 32.2. The Kier molecular flexibility index (Phi) is 5.77. The summed E-state index contributed by atoms with van der Waals surface area (Å²) in [6.45, 7) is 4.29. The minimum Gasteiger partial charge on any atom is -0.441 e. The number of rotatable bonds is 6. The van der Waals surface area contributed by atoms with Crippen LogP contribution in [-0.2, 0) is 10.5 Å². The van der Waals surface area contributed by atoms with Crippen molar-refractivity contribution >= 4 is 23.5 Å². The topological polar surface area (TPSA) is 42.4 Å². The third-order valence-electron chi connectivity index (χ3n) is 5.38. The van der Waals surface area contributed by atoms with Crippen LogP contribution >= 0.6 is 11.8 Å². The van der Waals surface area contributed by atoms with Crippen LogP contribution < -0.4 is 4.90 Å². The average molecular weight is 423 g/mol. The normalized spacial score (nSPS) is 18.5. The first-order valence-corrected chi connectivity index (χ1v) is 10.9. The summed E-state index contributed by atoms with van der Waals surface area (Å²) in [5.41, 5.74) is 2.50. The van der Waals surface area contributed by atoms with E-state index in [1.807, 2.05) is 50.2 Å². The van der Waals surface area contributed by atoms with Crippen LogP contribution in [0.5, 0.6) is 0 Å². The lowest BCUT2D eigenvalue weighted by Gasteiger charge is -2.19. The molecule has 1 aromatic heterocycles. The number of aromatic nitrogens is 1. The lowest BCUT2D eigenvalue weighted by molar-refractivity contribution is 0.0692. The Balaban J connectivity index is 1.47. The van der Waals surface area contributed by atoms with Gasteiger partial charge >= 0.3 is 6.09 Å². The molecule has 0 saturated carbocycles. The number of anilines is 1. The molecule has 0 N–H and O–H groups in total. The molecule has 1 atom stereocenters. The van der Waals surface area contributed by atoms with Crippen LogP contribution in [0.15, 0.2) is 71.9 Å². The fraction of sp³-hybridized carbons (Fsp3) is 0.250. The second-order valence-corrected chi connectivity index (χ2v) is 8.64. The number of halogens is 1. The van der Waals surface area contributed by atoms with Gasteiger partial charge in [0.1, 0.15) is 11.4 Å². The summed E-state index contributed by atoms with van der Waals surface area (Å²) in [5, 5.41) is 0. The lowest BCUT2D eigenvalue weighted by atomic mass is 10.0. The molecule has 3 aromatic rings. The SMILES string of the molecule is CC[C@@]1(C)CN(c2ccc(-c3ccc(SCc4ccncc4)cc3)c(F)c2)C(=O)O1. The first-order chi connectivity index (χ1) is 14.5. The van der Waals surface area contributed by atoms with Gasteiger partial charge in [0, 0.05) is 28.6 Å². The van der Waals surface area contributed by atoms with Crippen molar-refractivity contribution in [1.82, 2.24) is 4.98 Å². The fourth-order valence-corrected chi connectivity index (χ4v) is 4.21. The van der Waals surface area contributed by atoms with Crippen LogP contribution in [0.25, 0.3) is 11.1 Å². The molecule has 30 heavy (non-hydrogen) atoms. The maximum absolute atomic E-state index is 14.9. The molecule has 0 radical (unpaired) electrons. The summed E-state index contributed by atoms with van der Waals surface area (Å²) >= 11 is 1.72. The Morgan fingerprint density at radius 3 is 2.50 bits per heavy atom. The summed E-state index contributed by atoms with van der Waals surface area (Å²) in [6.07, 6.45) is 3.86. The van der Waals surface area contributed by atoms with Crippen LogP contribution in [-0.4, -0.2) is 23.2 Å². The van der Waals surface area contributed by atoms with Gasteiger partial charge in [0.15, 0.2) is 0 Å². The molecule has 4 rings (SSSR count). The second kappa shape index (κ2) is 8.48. The first kappa shape index (κ1) is 20.4. The zero-order valence-corrected chi connectivity index (χ0v) is 17.8. The van der Waals surface area contributed by atoms with Gasteiger partial charge in [0.25, 0.3) is 0 Å². The smallest absolute Gasteiger partial charge is 0.415 e. The molecular weight excluding hydrogens is 399 g/mol. The van der Waals surface area contributed by atoms with Crippen molar-refractivity contribution in [3.63, 3.8) is 0 Å². The Morgan fingerprint density at radius 1 is 1.13 bits per heavy atom. The zero-order chi connectivity index (χ0) is 21.1. The number of cyclic esters (lactones) is 1. The van der Waals surface area contributed by atoms with Crippen molar-refractivity contribution in [3.8, 4) is 11.1 Å². The number of nitrogens with zero attached hydrogens (tertiary/aromatic N) is 2. The monoisotopic (exact) mass is 422 g/mol. The van der Waals surface area contributed by atoms with Crippen LogP contribution in [0.2, 0.25) is 0 Å². The molecule has 0 spiro atoms. The Hall–Kier alpha value is -2.86. The van der Waals surface area contributed by atoms with Crippen LogP contribution in [0.4, 0.5) is 14.9 Å². The van der Waals surface area contributed by atoms with Crippen molar-refractivity contribution in [2.75, 3.05) is 11.4 Å². The minimum atomic E-state index is -0.532. The third-order valence-corrected chi connectivity index (χ3v) is 6.46. The molecule has 1 saturated heterocycles. The number of pyridine rings is 1. The highest BCUT2D eigenvalue weighted by Crippen LogP contribution is 2.33. The van der Waals surface area contributed by atoms with Gasteiger partial charge in [0.2, 0.25) is 0 Å². The van der Waals surface area contributed by atoms with Crippen LogP contribution in [0.3, 0.4) is 0 Å². The van der Waals surface area contributed by atoms with E-state index in [1.165, 1.54) is 16.5 Å². The maximum atomic E-state index is 14.9. The van der Waals surface area contributed by atoms with Gasteiger partial charge in [-0.05, 0) is 66.9 Å². The number of amides is 1. The van der Waals surface area contributed by atoms with E-state index in [2.05, 4.69) is 4.98 Å². The highest BCUT2D eigenvalue weighted by molar-refractivity contribution is 7.98. The molecule has 0 aliphatic carbocycles. The molecule has 1 amide bonds. The third kappa shape index (κ3) is 4.33. The van der Waals surface area contributed by atoms with E-state index in [0.717, 1.165) is 16.2 Å². The van der Waals surface area contributed by atoms with E-state index in [9.17, 15) is 9.18 Å². The standard InChI is InChI=1S/C24H23FN2O2S/c1-3-24(2)16-27(23(28)29-24)19-6-9-21(22(25)14-19)18-4-7-20(8-5-18)30-15-17-10-12-26-13-11-17/h4-14H,3,15-16H2,1-2H3/t24-/m0/s1. The first-order valence-electron chi connectivity index (χ1n) is 9.90. The van der Waals surface area contributed by atoms with E-state index in [4.69, 9.17) is 4.74 Å². The molecule has 6 heteroatoms. The maximum Gasteiger partial charge on any atom is 0.415 e. The molecule has 1 aliphatic rings. The van der Waals surface area contributed by atoms with Gasteiger partial charge in [-0.3, -0.25) is 9.88 Å². The zero-order valence-electron chi connectivity index (χ0n) is 17.0. The Labute approximate surface area is 180 Å². The number of benzene rings is 2. The lowest BCUT2D eigenvalue weighted by Crippen LogP contribution is -2.30. The summed E-state index contributed by atoms with van der Waals surface area (Å²) < 4.78 is 20.3. The molecule has 4 nitrogen and oxygen atoms in total. The quantitative estimate of drug-likeness (QED) is 0.437. The van der Waals surface area contributed by atoms with Crippen molar-refractivity contribution in [1.29, 1.82) is 0 Å². The van der Waals surface area contributed by atoms with E-state index in [-0.39, 0.29) is 5.82 Å². The summed E-state index contributed by atoms with van der Waals surface area (Å²) in [6, 6.07) is 16.7. The molecule has 0 unspecified atom stereocenters. The number of hydrogen-bond donors (Lipinski definition) is 0. The fourth-order valence-electron chi connectivity index (χ4n) is 3.36. The van der Waals surface area contributed by atoms with Gasteiger partial charge in [-0.25, -0.2) is 9.18 Å². The van der Waals surface area contributed by atoms with Gasteiger partial charge in [-0.1, -0.05) is 19.1 Å². The van der Waals surface area contributed by atoms with E-state index < -0.39 is 11.7 Å². The Bertz CT molecular complexity index is 1040. The van der Waals surface area contributed by atoms with Crippen LogP contribution in [0, 0.1) is 5.82 Å². The number of thioether (sulfide) groups is 1. The van der Waals surface area contributed by atoms with Gasteiger partial charge in [-0.15, -0.1) is 11.8 Å². The number of carbonyl (C=O) groups is 1. The largest absolute Gasteiger partial charge is 0.441 e. The second-order valence-electron chi connectivity index (χ2n) is 7.59. The van der Waals surface area contributed by atoms with Gasteiger partial charge in [0.05, 0.1) is 12.2 Å². The van der Waals surface area contributed by atoms with Crippen molar-refractivity contribution in [2.24, 2.45) is 0 Å². The van der Waals surface area contributed by atoms with E-state index in [1.54, 1.807) is 36.3 Å². The van der Waals surface area contributed by atoms with Crippen molar-refractivity contribution in [3.05, 3.63) is 78.4 Å². The summed E-state index contributed by atoms with van der Waals surface area (Å²) in [5.74, 6) is 0.496. The van der Waals surface area contributed by atoms with E-state index in [0.29, 0.717) is 24.2 Å². The number of hydrogen-bond acceptors (Lipinski definition) is 4. The van der Waals surface area contributed by atoms with E-state index >= 15 is 0 Å². The predicted molar refractivity (Wildman–Crippen MR) is 118 cm³/mol. The minimum absolute atomic E-state index is 0.359. The molecule has 1 fully saturated rings. The van der Waals surface area contributed by atoms with Gasteiger partial charge < -0.3 is 4.74 Å². The van der Waals surface area contributed by atoms with Gasteiger partial charge in [-0.2, -0.15) is 0 Å². The molecular formula is C24H23FN2O2S. The summed E-state index contributed by atoms with van der Waals surface area (Å²) in [4.78, 5) is 18.8. The molecule has 2 heterocycles. The molecule has 1 aliphatic heterocycles. The van der Waals surface area contributed by atoms with Crippen molar-refractivity contribution in [2.45, 2.75) is 36.5 Å². The number of carbonyl (C=O) groups excluding carboxylic acids is 1. The van der Waals surface area contributed by atoms with Crippen LogP contribution in [0.1, 0.15) is 25.8 Å². The predicted octanol–water partition coefficient (Wildman–Crippen LogP) is 6.31. The highest BCUT2D eigenvalue weighted by Gasteiger charge is 2.40. The molecule has 0 bridgehead atoms. The Morgan fingerprint density at radius 2 is 1.87 bits per heavy atom. The van der Waals surface area contributed by atoms with Crippen molar-refractivity contribution < 1.29 is 13.9 Å². The molecule has 154 valence electrons. The molecule has 2 aromatic carbocycles. The number of ether oxygens (including phenoxy) is 1. The summed E-state index contributed by atoms with van der Waals surface area (Å²) in [7, 11) is 0. The average Bonchev–Trinajstić information content (AvgIpc) is 3.08.